The molecule has 6 nitrogen and oxygen atoms in total. The summed E-state index contributed by atoms with van der Waals surface area (Å²) < 4.78 is 32.6. The minimum absolute atomic E-state index is 0.0843. The maximum Gasteiger partial charge on any atom is 0.306 e. The van der Waals surface area contributed by atoms with Crippen molar-refractivity contribution in [3.8, 4) is 5.75 Å². The van der Waals surface area contributed by atoms with Crippen molar-refractivity contribution in [3.63, 3.8) is 0 Å². The SMILES string of the molecule is COCCN(Cc1cccc(OS(C)(=O)=O)c1)C(=O)C1CCCCC1. The number of carbonyl (C=O) groups is 1. The molecule has 1 aliphatic rings. The zero-order chi connectivity index (χ0) is 18.3. The second kappa shape index (κ2) is 9.20. The molecule has 0 spiro atoms. The van der Waals surface area contributed by atoms with Crippen LogP contribution in [0.4, 0.5) is 0 Å². The van der Waals surface area contributed by atoms with Crippen LogP contribution in [0.1, 0.15) is 37.7 Å². The first kappa shape index (κ1) is 19.7. The van der Waals surface area contributed by atoms with Gasteiger partial charge < -0.3 is 13.8 Å². The Bertz CT molecular complexity index is 668. The lowest BCUT2D eigenvalue weighted by Crippen LogP contribution is -2.38. The van der Waals surface area contributed by atoms with Crippen LogP contribution in [0.2, 0.25) is 0 Å². The van der Waals surface area contributed by atoms with Crippen LogP contribution in [0.25, 0.3) is 0 Å². The summed E-state index contributed by atoms with van der Waals surface area (Å²) in [6.07, 6.45) is 6.31. The first-order valence-electron chi connectivity index (χ1n) is 8.65. The standard InChI is InChI=1S/C18H27NO5S/c1-23-12-11-19(18(20)16-8-4-3-5-9-16)14-15-7-6-10-17(13-15)24-25(2,21)22/h6-7,10,13,16H,3-5,8-9,11-12,14H2,1-2H3. The van der Waals surface area contributed by atoms with E-state index < -0.39 is 10.1 Å². The molecule has 2 rings (SSSR count). The van der Waals surface area contributed by atoms with Crippen molar-refractivity contribution in [2.45, 2.75) is 38.6 Å². The Morgan fingerprint density at radius 1 is 1.24 bits per heavy atom. The Balaban J connectivity index is 2.10. The zero-order valence-corrected chi connectivity index (χ0v) is 15.8. The molecule has 0 unspecified atom stereocenters. The number of nitrogens with zero attached hydrogens (tertiary/aromatic N) is 1. The molecular weight excluding hydrogens is 342 g/mol. The van der Waals surface area contributed by atoms with Gasteiger partial charge in [-0.3, -0.25) is 4.79 Å². The van der Waals surface area contributed by atoms with E-state index in [1.807, 2.05) is 6.07 Å². The van der Waals surface area contributed by atoms with Gasteiger partial charge in [0.05, 0.1) is 12.9 Å². The molecule has 140 valence electrons. The summed E-state index contributed by atoms with van der Waals surface area (Å²) in [4.78, 5) is 14.7. The molecule has 0 N–H and O–H groups in total. The molecule has 1 aromatic rings. The highest BCUT2D eigenvalue weighted by Gasteiger charge is 2.26. The molecule has 1 aliphatic carbocycles. The van der Waals surface area contributed by atoms with E-state index in [9.17, 15) is 13.2 Å². The number of hydrogen-bond donors (Lipinski definition) is 0. The van der Waals surface area contributed by atoms with Gasteiger partial charge in [-0.15, -0.1) is 0 Å². The molecule has 1 amide bonds. The molecular formula is C18H27NO5S. The quantitative estimate of drug-likeness (QED) is 0.659. The summed E-state index contributed by atoms with van der Waals surface area (Å²) in [5.41, 5.74) is 0.835. The van der Waals surface area contributed by atoms with Crippen molar-refractivity contribution in [1.82, 2.24) is 4.90 Å². The van der Waals surface area contributed by atoms with E-state index in [0.29, 0.717) is 19.7 Å². The lowest BCUT2D eigenvalue weighted by atomic mass is 9.88. The fraction of sp³-hybridized carbons (Fsp3) is 0.611. The van der Waals surface area contributed by atoms with Gasteiger partial charge in [0.1, 0.15) is 5.75 Å². The zero-order valence-electron chi connectivity index (χ0n) is 14.9. The van der Waals surface area contributed by atoms with Crippen molar-refractivity contribution < 1.29 is 22.1 Å². The minimum Gasteiger partial charge on any atom is -0.383 e. The summed E-state index contributed by atoms with van der Waals surface area (Å²) in [7, 11) is -1.96. The maximum atomic E-state index is 12.9. The highest BCUT2D eigenvalue weighted by Crippen LogP contribution is 2.26. The molecule has 7 heteroatoms. The first-order valence-corrected chi connectivity index (χ1v) is 10.5. The maximum absolute atomic E-state index is 12.9. The number of rotatable bonds is 8. The number of hydrogen-bond acceptors (Lipinski definition) is 5. The predicted octanol–water partition coefficient (Wildman–Crippen LogP) is 2.58. The van der Waals surface area contributed by atoms with E-state index in [-0.39, 0.29) is 17.6 Å². The van der Waals surface area contributed by atoms with Gasteiger partial charge in [-0.1, -0.05) is 31.4 Å². The molecule has 0 atom stereocenters. The van der Waals surface area contributed by atoms with Gasteiger partial charge in [-0.2, -0.15) is 8.42 Å². The van der Waals surface area contributed by atoms with Crippen LogP contribution in [0.15, 0.2) is 24.3 Å². The summed E-state index contributed by atoms with van der Waals surface area (Å²) in [5.74, 6) is 0.504. The van der Waals surface area contributed by atoms with E-state index in [0.717, 1.165) is 37.5 Å². The van der Waals surface area contributed by atoms with Crippen molar-refractivity contribution >= 4 is 16.0 Å². The van der Waals surface area contributed by atoms with Crippen molar-refractivity contribution in [2.24, 2.45) is 5.92 Å². The summed E-state index contributed by atoms with van der Waals surface area (Å²) >= 11 is 0. The first-order chi connectivity index (χ1) is 11.9. The highest BCUT2D eigenvalue weighted by molar-refractivity contribution is 7.86. The van der Waals surface area contributed by atoms with Gasteiger partial charge in [0.25, 0.3) is 0 Å². The highest BCUT2D eigenvalue weighted by atomic mass is 32.2. The Kier molecular flexibility index (Phi) is 7.25. The molecule has 0 saturated heterocycles. The smallest absolute Gasteiger partial charge is 0.306 e. The number of carbonyl (C=O) groups excluding carboxylic acids is 1. The fourth-order valence-corrected chi connectivity index (χ4v) is 3.62. The van der Waals surface area contributed by atoms with E-state index in [1.165, 1.54) is 6.42 Å². The van der Waals surface area contributed by atoms with Crippen LogP contribution in [0.5, 0.6) is 5.75 Å². The van der Waals surface area contributed by atoms with Crippen LogP contribution in [-0.2, 0) is 26.2 Å². The largest absolute Gasteiger partial charge is 0.383 e. The Hall–Kier alpha value is -1.60. The predicted molar refractivity (Wildman–Crippen MR) is 95.8 cm³/mol. The normalized spacial score (nSPS) is 15.8. The fourth-order valence-electron chi connectivity index (χ4n) is 3.17. The summed E-state index contributed by atoms with van der Waals surface area (Å²) in [6.45, 7) is 1.40. The van der Waals surface area contributed by atoms with Crippen LogP contribution < -0.4 is 4.18 Å². The van der Waals surface area contributed by atoms with Crippen molar-refractivity contribution in [3.05, 3.63) is 29.8 Å². The van der Waals surface area contributed by atoms with Gasteiger partial charge in [0, 0.05) is 26.1 Å². The molecule has 1 fully saturated rings. The second-order valence-electron chi connectivity index (χ2n) is 6.52. The average molecular weight is 369 g/mol. The third-order valence-electron chi connectivity index (χ3n) is 4.35. The molecule has 0 aliphatic heterocycles. The number of benzene rings is 1. The number of ether oxygens (including phenoxy) is 1. The molecule has 0 aromatic heterocycles. The Morgan fingerprint density at radius 2 is 1.96 bits per heavy atom. The van der Waals surface area contributed by atoms with Crippen LogP contribution >= 0.6 is 0 Å². The van der Waals surface area contributed by atoms with Crippen molar-refractivity contribution in [2.75, 3.05) is 26.5 Å². The number of methoxy groups -OCH3 is 1. The molecule has 25 heavy (non-hydrogen) atoms. The van der Waals surface area contributed by atoms with Crippen molar-refractivity contribution in [1.29, 1.82) is 0 Å². The van der Waals surface area contributed by atoms with Gasteiger partial charge in [0.15, 0.2) is 0 Å². The molecule has 0 bridgehead atoms. The van der Waals surface area contributed by atoms with Crippen LogP contribution in [0, 0.1) is 5.92 Å². The van der Waals surface area contributed by atoms with Crippen LogP contribution in [-0.4, -0.2) is 45.7 Å². The Labute approximate surface area is 150 Å². The second-order valence-corrected chi connectivity index (χ2v) is 8.10. The van der Waals surface area contributed by atoms with Gasteiger partial charge >= 0.3 is 10.1 Å². The third kappa shape index (κ3) is 6.66. The van der Waals surface area contributed by atoms with E-state index >= 15 is 0 Å². The third-order valence-corrected chi connectivity index (χ3v) is 4.85. The molecule has 0 heterocycles. The monoisotopic (exact) mass is 369 g/mol. The van der Waals surface area contributed by atoms with Crippen LogP contribution in [0.3, 0.4) is 0 Å². The molecule has 1 aromatic carbocycles. The lowest BCUT2D eigenvalue weighted by molar-refractivity contribution is -0.137. The summed E-state index contributed by atoms with van der Waals surface area (Å²) in [6, 6.07) is 6.85. The van der Waals surface area contributed by atoms with E-state index in [4.69, 9.17) is 8.92 Å². The van der Waals surface area contributed by atoms with Gasteiger partial charge in [-0.25, -0.2) is 0 Å². The average Bonchev–Trinajstić information content (AvgIpc) is 2.57. The Morgan fingerprint density at radius 3 is 2.60 bits per heavy atom. The number of amides is 1. The van der Waals surface area contributed by atoms with Gasteiger partial charge in [-0.05, 0) is 30.5 Å². The molecule has 1 saturated carbocycles. The van der Waals surface area contributed by atoms with E-state index in [1.54, 1.807) is 30.2 Å². The topological polar surface area (TPSA) is 72.9 Å². The lowest BCUT2D eigenvalue weighted by Gasteiger charge is -2.29. The minimum atomic E-state index is -3.57. The summed E-state index contributed by atoms with van der Waals surface area (Å²) in [5, 5.41) is 0. The molecule has 0 radical (unpaired) electrons. The van der Waals surface area contributed by atoms with Gasteiger partial charge in [0.2, 0.25) is 5.91 Å². The van der Waals surface area contributed by atoms with E-state index in [2.05, 4.69) is 0 Å².